The van der Waals surface area contributed by atoms with Crippen LogP contribution in [0.5, 0.6) is 0 Å². The highest BCUT2D eigenvalue weighted by atomic mass is 28.4. The Hall–Kier alpha value is -1.93. The van der Waals surface area contributed by atoms with E-state index in [-0.39, 0.29) is 11.6 Å². The first-order valence-corrected chi connectivity index (χ1v) is 12.1. The quantitative estimate of drug-likeness (QED) is 0.566. The molecule has 0 bridgehead atoms. The summed E-state index contributed by atoms with van der Waals surface area (Å²) in [5.74, 6) is -0.464. The van der Waals surface area contributed by atoms with Crippen molar-refractivity contribution in [3.63, 3.8) is 0 Å². The summed E-state index contributed by atoms with van der Waals surface area (Å²) >= 11 is 0. The van der Waals surface area contributed by atoms with Crippen LogP contribution in [-0.2, 0) is 18.7 Å². The Bertz CT molecular complexity index is 800. The molecule has 1 aliphatic rings. The molecule has 0 aromatic heterocycles. The van der Waals surface area contributed by atoms with Gasteiger partial charge in [-0.05, 0) is 15.4 Å². The molecule has 1 aliphatic heterocycles. The summed E-state index contributed by atoms with van der Waals surface area (Å²) in [5.41, 5.74) is 0. The van der Waals surface area contributed by atoms with Crippen LogP contribution in [0, 0.1) is 0 Å². The Morgan fingerprint density at radius 3 is 1.93 bits per heavy atom. The van der Waals surface area contributed by atoms with Gasteiger partial charge in [0.2, 0.25) is 0 Å². The smallest absolute Gasteiger partial charge is 0.303 e. The zero-order chi connectivity index (χ0) is 21.9. The fraction of sp³-hybridized carbons (Fsp3) is 0.435. The number of carbonyl (C=O) groups is 1. The van der Waals surface area contributed by atoms with Crippen molar-refractivity contribution in [2.24, 2.45) is 0 Å². The Kier molecular flexibility index (Phi) is 6.87. The lowest BCUT2D eigenvalue weighted by Crippen LogP contribution is -2.69. The summed E-state index contributed by atoms with van der Waals surface area (Å²) in [6.07, 6.45) is -2.19. The Balaban J connectivity index is 2.18. The van der Waals surface area contributed by atoms with Gasteiger partial charge in [0.25, 0.3) is 8.32 Å². The molecule has 1 saturated heterocycles. The molecule has 1 fully saturated rings. The molecule has 2 aromatic carbocycles. The lowest BCUT2D eigenvalue weighted by atomic mass is 9.93. The largest absolute Gasteiger partial charge is 0.458 e. The number of aliphatic hydroxyl groups is 1. The van der Waals surface area contributed by atoms with Crippen LogP contribution in [0.15, 0.2) is 60.7 Å². The van der Waals surface area contributed by atoms with Crippen molar-refractivity contribution >= 4 is 32.5 Å². The van der Waals surface area contributed by atoms with E-state index in [2.05, 4.69) is 45.0 Å². The second-order valence-electron chi connectivity index (χ2n) is 8.64. The van der Waals surface area contributed by atoms with Crippen molar-refractivity contribution in [3.05, 3.63) is 60.7 Å². The van der Waals surface area contributed by atoms with Crippen molar-refractivity contribution in [2.75, 3.05) is 6.61 Å². The SMILES string of the molecule is [B][C@@H]1O[C@@H](CO)[C@@H](O[Si](c2ccccc2)(c2ccccc2)C(C)(C)C)[C@@H]1OC(C)=O. The van der Waals surface area contributed by atoms with E-state index < -0.39 is 38.6 Å². The number of benzene rings is 2. The van der Waals surface area contributed by atoms with Gasteiger partial charge in [-0.3, -0.25) is 4.79 Å². The molecule has 158 valence electrons. The summed E-state index contributed by atoms with van der Waals surface area (Å²) in [5, 5.41) is 11.9. The van der Waals surface area contributed by atoms with Gasteiger partial charge in [-0.15, -0.1) is 0 Å². The summed E-state index contributed by atoms with van der Waals surface area (Å²) in [4.78, 5) is 11.7. The van der Waals surface area contributed by atoms with Crippen LogP contribution < -0.4 is 10.4 Å². The maximum absolute atomic E-state index is 11.7. The van der Waals surface area contributed by atoms with Crippen LogP contribution in [0.1, 0.15) is 27.7 Å². The van der Waals surface area contributed by atoms with E-state index in [0.717, 1.165) is 10.4 Å². The van der Waals surface area contributed by atoms with Crippen molar-refractivity contribution in [1.82, 2.24) is 0 Å². The first-order chi connectivity index (χ1) is 14.2. The molecular formula is C23H29BO5Si. The van der Waals surface area contributed by atoms with E-state index in [4.69, 9.17) is 21.7 Å². The van der Waals surface area contributed by atoms with Crippen molar-refractivity contribution in [2.45, 2.75) is 57.0 Å². The lowest BCUT2D eigenvalue weighted by Gasteiger charge is -2.45. The lowest BCUT2D eigenvalue weighted by molar-refractivity contribution is -0.150. The number of rotatable bonds is 6. The molecule has 1 heterocycles. The number of hydrogen-bond donors (Lipinski definition) is 1. The average molecular weight is 424 g/mol. The van der Waals surface area contributed by atoms with Crippen LogP contribution in [0.25, 0.3) is 0 Å². The highest BCUT2D eigenvalue weighted by molar-refractivity contribution is 6.99. The van der Waals surface area contributed by atoms with E-state index in [1.54, 1.807) is 0 Å². The zero-order valence-corrected chi connectivity index (χ0v) is 18.9. The van der Waals surface area contributed by atoms with E-state index in [0.29, 0.717) is 0 Å². The third kappa shape index (κ3) is 4.25. The molecular weight excluding hydrogens is 395 g/mol. The van der Waals surface area contributed by atoms with Crippen LogP contribution in [0.2, 0.25) is 5.04 Å². The number of esters is 1. The van der Waals surface area contributed by atoms with Crippen LogP contribution in [-0.4, -0.2) is 58.2 Å². The number of carbonyl (C=O) groups excluding carboxylic acids is 1. The van der Waals surface area contributed by atoms with Gasteiger partial charge in [0.15, 0.2) is 0 Å². The van der Waals surface area contributed by atoms with E-state index in [1.165, 1.54) is 6.92 Å². The molecule has 7 heteroatoms. The van der Waals surface area contributed by atoms with Crippen LogP contribution in [0.4, 0.5) is 0 Å². The first-order valence-electron chi connectivity index (χ1n) is 10.2. The van der Waals surface area contributed by atoms with Gasteiger partial charge in [-0.1, -0.05) is 81.4 Å². The number of aliphatic hydroxyl groups excluding tert-OH is 1. The molecule has 2 aromatic rings. The first kappa shape index (κ1) is 22.8. The molecule has 2 radical (unpaired) electrons. The minimum Gasteiger partial charge on any atom is -0.458 e. The van der Waals surface area contributed by atoms with Gasteiger partial charge in [-0.2, -0.15) is 0 Å². The fourth-order valence-electron chi connectivity index (χ4n) is 4.27. The Morgan fingerprint density at radius 2 is 1.53 bits per heavy atom. The topological polar surface area (TPSA) is 65.0 Å². The maximum Gasteiger partial charge on any atom is 0.303 e. The fourth-order valence-corrected chi connectivity index (χ4v) is 8.98. The highest BCUT2D eigenvalue weighted by Crippen LogP contribution is 2.40. The monoisotopic (exact) mass is 424 g/mol. The normalized spacial score (nSPS) is 24.6. The number of ether oxygens (including phenoxy) is 2. The molecule has 3 rings (SSSR count). The summed E-state index contributed by atoms with van der Waals surface area (Å²) in [7, 11) is 3.18. The van der Waals surface area contributed by atoms with E-state index in [1.807, 2.05) is 36.4 Å². The molecule has 5 nitrogen and oxygen atoms in total. The predicted octanol–water partition coefficient (Wildman–Crippen LogP) is 1.75. The molecule has 0 spiro atoms. The Morgan fingerprint density at radius 1 is 1.03 bits per heavy atom. The van der Waals surface area contributed by atoms with Gasteiger partial charge in [0.05, 0.1) is 12.6 Å². The number of hydrogen-bond acceptors (Lipinski definition) is 5. The van der Waals surface area contributed by atoms with Gasteiger partial charge < -0.3 is 19.0 Å². The molecule has 0 amide bonds. The predicted molar refractivity (Wildman–Crippen MR) is 120 cm³/mol. The van der Waals surface area contributed by atoms with E-state index >= 15 is 0 Å². The third-order valence-electron chi connectivity index (χ3n) is 5.56. The van der Waals surface area contributed by atoms with Crippen molar-refractivity contribution in [1.29, 1.82) is 0 Å². The zero-order valence-electron chi connectivity index (χ0n) is 17.9. The molecule has 30 heavy (non-hydrogen) atoms. The minimum atomic E-state index is -2.93. The van der Waals surface area contributed by atoms with Gasteiger partial charge in [0.1, 0.15) is 26.2 Å². The second-order valence-corrected chi connectivity index (χ2v) is 12.9. The molecule has 0 aliphatic carbocycles. The standard InChI is InChI=1S/C23H29BO5Si/c1-16(26)27-21-20(19(15-25)28-22(21)24)29-30(23(2,3)4,17-11-7-5-8-12-17)18-13-9-6-10-14-18/h5-14,19-22,25H,15H2,1-4H3/t19-,20+,21-,22+/m0/s1. The van der Waals surface area contributed by atoms with Crippen LogP contribution >= 0.6 is 0 Å². The summed E-state index contributed by atoms with van der Waals surface area (Å²) in [6.45, 7) is 7.52. The van der Waals surface area contributed by atoms with Gasteiger partial charge >= 0.3 is 5.97 Å². The second kappa shape index (κ2) is 9.06. The third-order valence-corrected chi connectivity index (χ3v) is 10.6. The molecule has 0 unspecified atom stereocenters. The van der Waals surface area contributed by atoms with Gasteiger partial charge in [-0.25, -0.2) is 0 Å². The highest BCUT2D eigenvalue weighted by Gasteiger charge is 2.56. The van der Waals surface area contributed by atoms with Crippen LogP contribution in [0.3, 0.4) is 0 Å². The summed E-state index contributed by atoms with van der Waals surface area (Å²) in [6, 6.07) is 19.4. The van der Waals surface area contributed by atoms with Gasteiger partial charge in [0, 0.05) is 6.92 Å². The molecule has 0 saturated carbocycles. The summed E-state index contributed by atoms with van der Waals surface area (Å²) < 4.78 is 18.2. The maximum atomic E-state index is 11.7. The van der Waals surface area contributed by atoms with Crippen molar-refractivity contribution in [3.8, 4) is 0 Å². The molecule has 1 N–H and O–H groups in total. The average Bonchev–Trinajstić information content (AvgIpc) is 3.00. The van der Waals surface area contributed by atoms with Crippen molar-refractivity contribution < 1.29 is 23.8 Å². The van der Waals surface area contributed by atoms with E-state index in [9.17, 15) is 9.90 Å². The Labute approximate surface area is 180 Å². The minimum absolute atomic E-state index is 0.275. The molecule has 4 atom stereocenters.